The molecule has 0 saturated heterocycles. The Hall–Kier alpha value is -0.880. The average Bonchev–Trinajstić information content (AvgIpc) is 2.84. The van der Waals surface area contributed by atoms with Gasteiger partial charge in [0.25, 0.3) is 0 Å². The van der Waals surface area contributed by atoms with Crippen molar-refractivity contribution in [2.24, 2.45) is 0 Å². The molecule has 0 fully saturated rings. The summed E-state index contributed by atoms with van der Waals surface area (Å²) < 4.78 is 25.4. The van der Waals surface area contributed by atoms with Crippen molar-refractivity contribution in [1.29, 1.82) is 0 Å². The third-order valence-corrected chi connectivity index (χ3v) is 5.52. The van der Waals surface area contributed by atoms with E-state index in [0.29, 0.717) is 12.5 Å². The van der Waals surface area contributed by atoms with Gasteiger partial charge < -0.3 is 5.32 Å². The summed E-state index contributed by atoms with van der Waals surface area (Å²) in [6, 6.07) is 2.25. The topological polar surface area (TPSA) is 64.0 Å². The van der Waals surface area contributed by atoms with Gasteiger partial charge in [-0.15, -0.1) is 0 Å². The van der Waals surface area contributed by atoms with Gasteiger partial charge in [0.2, 0.25) is 0 Å². The van der Waals surface area contributed by atoms with Crippen molar-refractivity contribution in [3.05, 3.63) is 18.0 Å². The highest BCUT2D eigenvalue weighted by atomic mass is 32.2. The summed E-state index contributed by atoms with van der Waals surface area (Å²) in [7, 11) is -3.06. The molecule has 1 aromatic rings. The Morgan fingerprint density at radius 1 is 1.35 bits per heavy atom. The Balaban J connectivity index is 2.83. The van der Waals surface area contributed by atoms with Crippen LogP contribution in [0.5, 0.6) is 0 Å². The number of rotatable bonds is 8. The lowest BCUT2D eigenvalue weighted by Crippen LogP contribution is -2.43. The monoisotopic (exact) mass is 301 g/mol. The molecule has 0 spiro atoms. The third-order valence-electron chi connectivity index (χ3n) is 3.84. The van der Waals surface area contributed by atoms with Crippen LogP contribution >= 0.6 is 0 Å². The van der Waals surface area contributed by atoms with E-state index in [2.05, 4.69) is 24.3 Å². The molecule has 5 nitrogen and oxygen atoms in total. The predicted octanol–water partition coefficient (Wildman–Crippen LogP) is 1.81. The van der Waals surface area contributed by atoms with Crippen LogP contribution in [0.1, 0.15) is 45.9 Å². The normalized spacial score (nSPS) is 16.9. The van der Waals surface area contributed by atoms with E-state index in [1.807, 2.05) is 23.9 Å². The molecule has 1 N–H and O–H groups in total. The van der Waals surface area contributed by atoms with Gasteiger partial charge in [-0.05, 0) is 32.9 Å². The van der Waals surface area contributed by atoms with Crippen LogP contribution in [0, 0.1) is 0 Å². The maximum absolute atomic E-state index is 11.7. The molecular weight excluding hydrogens is 274 g/mol. The summed E-state index contributed by atoms with van der Waals surface area (Å²) in [4.78, 5) is 0. The maximum Gasteiger partial charge on any atom is 0.151 e. The predicted molar refractivity (Wildman–Crippen MR) is 82.7 cm³/mol. The van der Waals surface area contributed by atoms with Crippen LogP contribution in [-0.2, 0) is 16.3 Å². The van der Waals surface area contributed by atoms with E-state index in [1.54, 1.807) is 6.92 Å². The van der Waals surface area contributed by atoms with Crippen molar-refractivity contribution >= 4 is 9.84 Å². The fourth-order valence-corrected chi connectivity index (χ4v) is 2.90. The van der Waals surface area contributed by atoms with Gasteiger partial charge in [0.05, 0.1) is 10.9 Å². The first-order valence-corrected chi connectivity index (χ1v) is 9.21. The van der Waals surface area contributed by atoms with Crippen LogP contribution in [0.4, 0.5) is 0 Å². The van der Waals surface area contributed by atoms with Gasteiger partial charge in [0, 0.05) is 31.0 Å². The van der Waals surface area contributed by atoms with E-state index in [-0.39, 0.29) is 6.04 Å². The highest BCUT2D eigenvalue weighted by Gasteiger charge is 2.26. The van der Waals surface area contributed by atoms with Crippen molar-refractivity contribution in [2.75, 3.05) is 12.8 Å². The van der Waals surface area contributed by atoms with Crippen molar-refractivity contribution < 1.29 is 8.42 Å². The first kappa shape index (κ1) is 17.2. The minimum atomic E-state index is -3.06. The van der Waals surface area contributed by atoms with Crippen LogP contribution < -0.4 is 5.32 Å². The van der Waals surface area contributed by atoms with Crippen LogP contribution in [0.2, 0.25) is 0 Å². The smallest absolute Gasteiger partial charge is 0.151 e. The van der Waals surface area contributed by atoms with Gasteiger partial charge in [-0.1, -0.05) is 13.8 Å². The van der Waals surface area contributed by atoms with Crippen LogP contribution in [-0.4, -0.2) is 42.3 Å². The van der Waals surface area contributed by atoms with Crippen molar-refractivity contribution in [3.8, 4) is 0 Å². The molecule has 1 aromatic heterocycles. The minimum absolute atomic E-state index is 0.102. The standard InChI is InChI=1S/C14H27N3O2S/c1-6-11(3)17-9-8-13(16-17)10-14(15-7-2)12(4)20(5,18)19/h8-9,11-12,14-15H,6-7,10H2,1-5H3. The molecule has 0 aromatic carbocycles. The molecule has 1 rings (SSSR count). The molecule has 0 bridgehead atoms. The summed E-state index contributed by atoms with van der Waals surface area (Å²) in [6.07, 6.45) is 4.92. The van der Waals surface area contributed by atoms with Gasteiger partial charge in [0.1, 0.15) is 0 Å². The summed E-state index contributed by atoms with van der Waals surface area (Å²) in [5.41, 5.74) is 0.937. The van der Waals surface area contributed by atoms with Gasteiger partial charge in [-0.25, -0.2) is 8.42 Å². The zero-order valence-electron chi connectivity index (χ0n) is 13.1. The molecule has 3 unspecified atom stereocenters. The molecule has 0 amide bonds. The number of likely N-dealkylation sites (N-methyl/N-ethyl adjacent to an activating group) is 1. The molecular formula is C14H27N3O2S. The van der Waals surface area contributed by atoms with E-state index in [9.17, 15) is 8.42 Å². The molecule has 116 valence electrons. The Bertz CT molecular complexity index is 510. The quantitative estimate of drug-likeness (QED) is 0.795. The lowest BCUT2D eigenvalue weighted by molar-refractivity contribution is 0.459. The lowest BCUT2D eigenvalue weighted by Gasteiger charge is -2.22. The SMILES string of the molecule is CCNC(Cc1ccn(C(C)CC)n1)C(C)S(C)(=O)=O. The number of nitrogens with zero attached hydrogens (tertiary/aromatic N) is 2. The number of sulfone groups is 1. The fourth-order valence-electron chi connectivity index (χ4n) is 2.11. The van der Waals surface area contributed by atoms with Crippen LogP contribution in [0.25, 0.3) is 0 Å². The summed E-state index contributed by atoms with van der Waals surface area (Å²) in [6.45, 7) is 8.74. The van der Waals surface area contributed by atoms with E-state index in [0.717, 1.165) is 18.7 Å². The lowest BCUT2D eigenvalue weighted by atomic mass is 10.1. The zero-order chi connectivity index (χ0) is 15.3. The van der Waals surface area contributed by atoms with Crippen molar-refractivity contribution in [2.45, 2.75) is 57.9 Å². The Morgan fingerprint density at radius 2 is 2.00 bits per heavy atom. The second kappa shape index (κ2) is 7.22. The fraction of sp³-hybridized carbons (Fsp3) is 0.786. The molecule has 0 aliphatic rings. The molecule has 0 radical (unpaired) electrons. The molecule has 3 atom stereocenters. The van der Waals surface area contributed by atoms with Gasteiger partial charge in [-0.2, -0.15) is 5.10 Å². The summed E-state index contributed by atoms with van der Waals surface area (Å²) in [5.74, 6) is 0. The second-order valence-corrected chi connectivity index (χ2v) is 7.85. The number of nitrogens with one attached hydrogen (secondary N) is 1. The van der Waals surface area contributed by atoms with E-state index in [1.165, 1.54) is 6.26 Å². The minimum Gasteiger partial charge on any atom is -0.313 e. The summed E-state index contributed by atoms with van der Waals surface area (Å²) >= 11 is 0. The third kappa shape index (κ3) is 4.59. The molecule has 20 heavy (non-hydrogen) atoms. The van der Waals surface area contributed by atoms with Crippen LogP contribution in [0.3, 0.4) is 0 Å². The highest BCUT2D eigenvalue weighted by molar-refractivity contribution is 7.91. The number of hydrogen-bond donors (Lipinski definition) is 1. The molecule has 0 aliphatic heterocycles. The summed E-state index contributed by atoms with van der Waals surface area (Å²) in [5, 5.41) is 7.39. The Kier molecular flexibility index (Phi) is 6.20. The Morgan fingerprint density at radius 3 is 2.50 bits per heavy atom. The van der Waals surface area contributed by atoms with Gasteiger partial charge in [-0.3, -0.25) is 4.68 Å². The number of hydrogen-bond acceptors (Lipinski definition) is 4. The highest BCUT2D eigenvalue weighted by Crippen LogP contribution is 2.13. The van der Waals surface area contributed by atoms with Crippen molar-refractivity contribution in [1.82, 2.24) is 15.1 Å². The van der Waals surface area contributed by atoms with E-state index in [4.69, 9.17) is 0 Å². The molecule has 6 heteroatoms. The molecule has 0 saturated carbocycles. The Labute approximate surface area is 122 Å². The van der Waals surface area contributed by atoms with E-state index < -0.39 is 15.1 Å². The second-order valence-electron chi connectivity index (χ2n) is 5.45. The van der Waals surface area contributed by atoms with Crippen LogP contribution in [0.15, 0.2) is 12.3 Å². The number of aromatic nitrogens is 2. The van der Waals surface area contributed by atoms with Gasteiger partial charge in [0.15, 0.2) is 9.84 Å². The average molecular weight is 301 g/mol. The van der Waals surface area contributed by atoms with Gasteiger partial charge >= 0.3 is 0 Å². The van der Waals surface area contributed by atoms with Crippen molar-refractivity contribution in [3.63, 3.8) is 0 Å². The largest absolute Gasteiger partial charge is 0.313 e. The molecule has 0 aliphatic carbocycles. The first-order chi connectivity index (χ1) is 9.29. The zero-order valence-corrected chi connectivity index (χ0v) is 13.9. The first-order valence-electron chi connectivity index (χ1n) is 7.25. The van der Waals surface area contributed by atoms with E-state index >= 15 is 0 Å². The molecule has 1 heterocycles. The maximum atomic E-state index is 11.7.